The first-order chi connectivity index (χ1) is 8.22. The molecule has 2 rings (SSSR count). The van der Waals surface area contributed by atoms with E-state index in [9.17, 15) is 4.79 Å². The molecule has 1 aromatic rings. The lowest BCUT2D eigenvalue weighted by Gasteiger charge is -2.21. The van der Waals surface area contributed by atoms with Gasteiger partial charge in [-0.25, -0.2) is 0 Å². The molecule has 5 heteroatoms. The van der Waals surface area contributed by atoms with Crippen molar-refractivity contribution in [3.05, 3.63) is 46.3 Å². The Morgan fingerprint density at radius 1 is 1.47 bits per heavy atom. The van der Waals surface area contributed by atoms with Crippen molar-refractivity contribution in [3.63, 3.8) is 0 Å². The van der Waals surface area contributed by atoms with Crippen LogP contribution >= 0.6 is 0 Å². The number of benzene rings is 1. The highest BCUT2D eigenvalue weighted by Crippen LogP contribution is 2.23. The van der Waals surface area contributed by atoms with Crippen LogP contribution in [0.4, 0.5) is 0 Å². The van der Waals surface area contributed by atoms with Gasteiger partial charge in [0.15, 0.2) is 0 Å². The first-order valence-electron chi connectivity index (χ1n) is 5.61. The van der Waals surface area contributed by atoms with Crippen molar-refractivity contribution < 1.29 is 4.79 Å². The number of rotatable bonds is 3. The third-order valence-corrected chi connectivity index (χ3v) is 3.05. The van der Waals surface area contributed by atoms with Gasteiger partial charge in [-0.05, 0) is 24.4 Å². The lowest BCUT2D eigenvalue weighted by Crippen LogP contribution is -2.32. The largest absolute Gasteiger partial charge is 0.335 e. The Morgan fingerprint density at radius 2 is 2.18 bits per heavy atom. The molecule has 5 nitrogen and oxygen atoms in total. The summed E-state index contributed by atoms with van der Waals surface area (Å²) in [5.74, 6) is -0.0702. The van der Waals surface area contributed by atoms with Gasteiger partial charge in [0.25, 0.3) is 0 Å². The van der Waals surface area contributed by atoms with Gasteiger partial charge in [0.2, 0.25) is 5.91 Å². The topological polar surface area (TPSA) is 69.1 Å². The summed E-state index contributed by atoms with van der Waals surface area (Å²) in [6, 6.07) is 9.41. The third kappa shape index (κ3) is 2.40. The molecule has 0 unspecified atom stereocenters. The number of likely N-dealkylation sites (tertiary alicyclic amines) is 1. The zero-order valence-electron chi connectivity index (χ0n) is 9.65. The molecule has 1 saturated heterocycles. The predicted octanol–water partition coefficient (Wildman–Crippen LogP) is 2.49. The van der Waals surface area contributed by atoms with E-state index in [1.807, 2.05) is 37.3 Å². The van der Waals surface area contributed by atoms with Crippen molar-refractivity contribution in [1.82, 2.24) is 4.90 Å². The number of hydrogen-bond donors (Lipinski definition) is 0. The summed E-state index contributed by atoms with van der Waals surface area (Å²) in [7, 11) is 0. The van der Waals surface area contributed by atoms with Gasteiger partial charge >= 0.3 is 0 Å². The molecule has 1 aliphatic heterocycles. The maximum absolute atomic E-state index is 12.0. The monoisotopic (exact) mass is 230 g/mol. The van der Waals surface area contributed by atoms with Gasteiger partial charge in [0.05, 0.1) is 0 Å². The molecule has 0 radical (unpaired) electrons. The Bertz CT molecular complexity index is 453. The molecular weight excluding hydrogens is 216 g/mol. The zero-order chi connectivity index (χ0) is 12.3. The highest BCUT2D eigenvalue weighted by Gasteiger charge is 2.36. The van der Waals surface area contributed by atoms with Crippen molar-refractivity contribution in [1.29, 1.82) is 0 Å². The molecule has 1 heterocycles. The number of carbonyl (C=O) groups is 1. The Kier molecular flexibility index (Phi) is 3.30. The van der Waals surface area contributed by atoms with Gasteiger partial charge < -0.3 is 4.90 Å². The SMILES string of the molecule is C[C@@H]1C[C@H](N=[N+]=[N-])C(=O)N1Cc1ccccc1. The van der Waals surface area contributed by atoms with E-state index in [1.54, 1.807) is 4.90 Å². The van der Waals surface area contributed by atoms with Crippen LogP contribution < -0.4 is 0 Å². The number of carbonyl (C=O) groups excluding carboxylic acids is 1. The first kappa shape index (κ1) is 11.5. The van der Waals surface area contributed by atoms with Crippen molar-refractivity contribution in [2.24, 2.45) is 5.11 Å². The standard InChI is InChI=1S/C12H14N4O/c1-9-7-11(14-15-13)12(17)16(9)8-10-5-3-2-4-6-10/h2-6,9,11H,7-8H2,1H3/t9-,11+/m1/s1. The van der Waals surface area contributed by atoms with Gasteiger partial charge in [-0.2, -0.15) is 0 Å². The second-order valence-electron chi connectivity index (χ2n) is 4.26. The summed E-state index contributed by atoms with van der Waals surface area (Å²) >= 11 is 0. The van der Waals surface area contributed by atoms with Crippen LogP contribution in [0, 0.1) is 0 Å². The summed E-state index contributed by atoms with van der Waals surface area (Å²) in [4.78, 5) is 16.5. The predicted molar refractivity (Wildman–Crippen MR) is 64.0 cm³/mol. The summed E-state index contributed by atoms with van der Waals surface area (Å²) in [5, 5.41) is 3.54. The molecule has 17 heavy (non-hydrogen) atoms. The third-order valence-electron chi connectivity index (χ3n) is 3.05. The molecule has 0 saturated carbocycles. The summed E-state index contributed by atoms with van der Waals surface area (Å²) in [6.45, 7) is 2.56. The minimum absolute atomic E-state index is 0.0702. The number of azide groups is 1. The van der Waals surface area contributed by atoms with Crippen LogP contribution in [-0.4, -0.2) is 22.9 Å². The fourth-order valence-electron chi connectivity index (χ4n) is 2.13. The smallest absolute Gasteiger partial charge is 0.232 e. The minimum Gasteiger partial charge on any atom is -0.335 e. The van der Waals surface area contributed by atoms with Gasteiger partial charge in [-0.15, -0.1) is 0 Å². The molecule has 0 spiro atoms. The number of amides is 1. The van der Waals surface area contributed by atoms with Crippen LogP contribution in [0.5, 0.6) is 0 Å². The Morgan fingerprint density at radius 3 is 2.82 bits per heavy atom. The summed E-state index contributed by atoms with van der Waals surface area (Å²) in [5.41, 5.74) is 9.49. The maximum atomic E-state index is 12.0. The van der Waals surface area contributed by atoms with Crippen LogP contribution in [0.15, 0.2) is 35.4 Å². The van der Waals surface area contributed by atoms with E-state index in [2.05, 4.69) is 10.0 Å². The van der Waals surface area contributed by atoms with Gasteiger partial charge in [-0.3, -0.25) is 4.79 Å². The maximum Gasteiger partial charge on any atom is 0.232 e. The van der Waals surface area contributed by atoms with E-state index >= 15 is 0 Å². The van der Waals surface area contributed by atoms with E-state index < -0.39 is 6.04 Å². The molecule has 1 aliphatic rings. The van der Waals surface area contributed by atoms with Crippen LogP contribution in [0.2, 0.25) is 0 Å². The number of hydrogen-bond acceptors (Lipinski definition) is 2. The van der Waals surface area contributed by atoms with Crippen LogP contribution in [0.25, 0.3) is 10.4 Å². The molecule has 0 aromatic heterocycles. The summed E-state index contributed by atoms with van der Waals surface area (Å²) in [6.07, 6.45) is 0.607. The lowest BCUT2D eigenvalue weighted by atomic mass is 10.2. The molecule has 2 atom stereocenters. The molecule has 0 aliphatic carbocycles. The van der Waals surface area contributed by atoms with Gasteiger partial charge in [-0.1, -0.05) is 35.4 Å². The van der Waals surface area contributed by atoms with Crippen molar-refractivity contribution >= 4 is 5.91 Å². The Labute approximate surface area is 99.7 Å². The van der Waals surface area contributed by atoms with Gasteiger partial charge in [0.1, 0.15) is 6.04 Å². The Hall–Kier alpha value is -2.00. The zero-order valence-corrected chi connectivity index (χ0v) is 9.65. The molecular formula is C12H14N4O. The molecule has 0 N–H and O–H groups in total. The Balaban J connectivity index is 2.12. The van der Waals surface area contributed by atoms with Crippen molar-refractivity contribution in [2.75, 3.05) is 0 Å². The van der Waals surface area contributed by atoms with E-state index in [4.69, 9.17) is 5.53 Å². The van der Waals surface area contributed by atoms with E-state index in [-0.39, 0.29) is 11.9 Å². The van der Waals surface area contributed by atoms with E-state index in [0.29, 0.717) is 13.0 Å². The molecule has 1 amide bonds. The quantitative estimate of drug-likeness (QED) is 0.446. The minimum atomic E-state index is -0.529. The first-order valence-corrected chi connectivity index (χ1v) is 5.61. The average Bonchev–Trinajstić information content (AvgIpc) is 2.59. The number of nitrogens with zero attached hydrogens (tertiary/aromatic N) is 4. The average molecular weight is 230 g/mol. The highest BCUT2D eigenvalue weighted by atomic mass is 16.2. The van der Waals surface area contributed by atoms with Crippen molar-refractivity contribution in [3.8, 4) is 0 Å². The van der Waals surface area contributed by atoms with Gasteiger partial charge in [0, 0.05) is 17.5 Å². The fourth-order valence-corrected chi connectivity index (χ4v) is 2.13. The molecule has 88 valence electrons. The normalized spacial score (nSPS) is 23.6. The summed E-state index contributed by atoms with van der Waals surface area (Å²) < 4.78 is 0. The van der Waals surface area contributed by atoms with Crippen LogP contribution in [0.1, 0.15) is 18.9 Å². The molecule has 1 aromatic carbocycles. The van der Waals surface area contributed by atoms with Crippen LogP contribution in [-0.2, 0) is 11.3 Å². The highest BCUT2D eigenvalue weighted by molar-refractivity contribution is 5.84. The van der Waals surface area contributed by atoms with E-state index in [0.717, 1.165) is 5.56 Å². The fraction of sp³-hybridized carbons (Fsp3) is 0.417. The van der Waals surface area contributed by atoms with E-state index in [1.165, 1.54) is 0 Å². The molecule has 0 bridgehead atoms. The van der Waals surface area contributed by atoms with Crippen molar-refractivity contribution in [2.45, 2.75) is 32.0 Å². The molecule has 1 fully saturated rings. The second kappa shape index (κ2) is 4.89. The second-order valence-corrected chi connectivity index (χ2v) is 4.26. The lowest BCUT2D eigenvalue weighted by molar-refractivity contribution is -0.130. The van der Waals surface area contributed by atoms with Crippen LogP contribution in [0.3, 0.4) is 0 Å².